The maximum Gasteiger partial charge on any atom is 0.338 e. The number of hydrogen-bond donors (Lipinski definition) is 0. The van der Waals surface area contributed by atoms with Gasteiger partial charge in [-0.2, -0.15) is 5.26 Å². The van der Waals surface area contributed by atoms with Crippen molar-refractivity contribution in [1.82, 2.24) is 9.55 Å². The van der Waals surface area contributed by atoms with Gasteiger partial charge in [0.1, 0.15) is 5.75 Å². The summed E-state index contributed by atoms with van der Waals surface area (Å²) in [6.45, 7) is 2.84. The normalized spacial score (nSPS) is 10.7. The van der Waals surface area contributed by atoms with E-state index >= 15 is 0 Å². The van der Waals surface area contributed by atoms with E-state index in [1.807, 2.05) is 42.5 Å². The summed E-state index contributed by atoms with van der Waals surface area (Å²) >= 11 is 1.59. The van der Waals surface area contributed by atoms with Gasteiger partial charge in [-0.15, -0.1) is 0 Å². The first-order chi connectivity index (χ1) is 16.6. The molecule has 7 heteroatoms. The molecule has 0 aliphatic heterocycles. The highest BCUT2D eigenvalue weighted by molar-refractivity contribution is 7.98. The summed E-state index contributed by atoms with van der Waals surface area (Å²) in [6, 6.07) is 23.4. The van der Waals surface area contributed by atoms with Crippen LogP contribution in [-0.4, -0.2) is 29.2 Å². The SMILES string of the molecule is CCOC(=O)c1ccc2c(c1)nc(SCc1ccccc1C#N)n2CCc1ccc(OC)cc1. The fraction of sp³-hybridized carbons (Fsp3) is 0.222. The van der Waals surface area contributed by atoms with Crippen LogP contribution in [0.2, 0.25) is 0 Å². The number of esters is 1. The van der Waals surface area contributed by atoms with Crippen LogP contribution < -0.4 is 4.74 Å². The third-order valence-electron chi connectivity index (χ3n) is 5.50. The van der Waals surface area contributed by atoms with Crippen LogP contribution in [-0.2, 0) is 23.5 Å². The molecule has 6 nitrogen and oxygen atoms in total. The lowest BCUT2D eigenvalue weighted by Crippen LogP contribution is -2.05. The van der Waals surface area contributed by atoms with Gasteiger partial charge in [-0.25, -0.2) is 9.78 Å². The van der Waals surface area contributed by atoms with E-state index in [-0.39, 0.29) is 5.97 Å². The molecule has 0 saturated heterocycles. The number of imidazole rings is 1. The number of nitriles is 1. The molecule has 1 aromatic heterocycles. The lowest BCUT2D eigenvalue weighted by Gasteiger charge is -2.10. The number of methoxy groups -OCH3 is 1. The number of rotatable bonds is 9. The topological polar surface area (TPSA) is 77.1 Å². The monoisotopic (exact) mass is 471 g/mol. The Bertz CT molecular complexity index is 1340. The highest BCUT2D eigenvalue weighted by Gasteiger charge is 2.15. The van der Waals surface area contributed by atoms with E-state index in [1.165, 1.54) is 5.56 Å². The number of fused-ring (bicyclic) bond motifs is 1. The van der Waals surface area contributed by atoms with Crippen molar-refractivity contribution in [2.75, 3.05) is 13.7 Å². The van der Waals surface area contributed by atoms with E-state index in [4.69, 9.17) is 14.5 Å². The predicted octanol–water partition coefficient (Wildman–Crippen LogP) is 5.63. The third-order valence-corrected chi connectivity index (χ3v) is 6.53. The number of ether oxygens (including phenoxy) is 2. The summed E-state index contributed by atoms with van der Waals surface area (Å²) in [5.41, 5.74) is 5.02. The molecule has 0 fully saturated rings. The van der Waals surface area contributed by atoms with Crippen LogP contribution in [0, 0.1) is 11.3 Å². The quantitative estimate of drug-likeness (QED) is 0.233. The Morgan fingerprint density at radius 1 is 1.12 bits per heavy atom. The van der Waals surface area contributed by atoms with E-state index in [1.54, 1.807) is 37.9 Å². The predicted molar refractivity (Wildman–Crippen MR) is 133 cm³/mol. The van der Waals surface area contributed by atoms with Gasteiger partial charge in [0.05, 0.1) is 41.9 Å². The van der Waals surface area contributed by atoms with Gasteiger partial charge in [0, 0.05) is 12.3 Å². The first kappa shape index (κ1) is 23.4. The van der Waals surface area contributed by atoms with E-state index in [0.29, 0.717) is 23.5 Å². The molecule has 4 rings (SSSR count). The highest BCUT2D eigenvalue weighted by Crippen LogP contribution is 2.29. The molecule has 0 spiro atoms. The maximum absolute atomic E-state index is 12.2. The summed E-state index contributed by atoms with van der Waals surface area (Å²) < 4.78 is 12.6. The largest absolute Gasteiger partial charge is 0.497 e. The Balaban J connectivity index is 1.64. The Hall–Kier alpha value is -3.76. The van der Waals surface area contributed by atoms with Gasteiger partial charge in [-0.3, -0.25) is 0 Å². The Labute approximate surface area is 203 Å². The molecule has 0 bridgehead atoms. The summed E-state index contributed by atoms with van der Waals surface area (Å²) in [5.74, 6) is 1.10. The van der Waals surface area contributed by atoms with Crippen molar-refractivity contribution in [2.24, 2.45) is 0 Å². The van der Waals surface area contributed by atoms with Crippen molar-refractivity contribution in [2.45, 2.75) is 30.8 Å². The molecular weight excluding hydrogens is 446 g/mol. The second-order valence-corrected chi connectivity index (χ2v) is 8.57. The summed E-state index contributed by atoms with van der Waals surface area (Å²) in [7, 11) is 1.66. The molecule has 0 atom stereocenters. The first-order valence-corrected chi connectivity index (χ1v) is 12.0. The number of aromatic nitrogens is 2. The first-order valence-electron chi connectivity index (χ1n) is 11.0. The highest BCUT2D eigenvalue weighted by atomic mass is 32.2. The second kappa shape index (κ2) is 10.9. The summed E-state index contributed by atoms with van der Waals surface area (Å²) in [6.07, 6.45) is 0.817. The zero-order valence-electron chi connectivity index (χ0n) is 19.2. The number of carbonyl (C=O) groups excluding carboxylic acids is 1. The van der Waals surface area contributed by atoms with Crippen molar-refractivity contribution >= 4 is 28.8 Å². The van der Waals surface area contributed by atoms with Crippen LogP contribution in [0.15, 0.2) is 71.9 Å². The number of aryl methyl sites for hydroxylation is 2. The van der Waals surface area contributed by atoms with Crippen LogP contribution in [0.3, 0.4) is 0 Å². The van der Waals surface area contributed by atoms with Crippen LogP contribution in [0.1, 0.15) is 34.0 Å². The van der Waals surface area contributed by atoms with Gasteiger partial charge >= 0.3 is 5.97 Å². The zero-order chi connectivity index (χ0) is 23.9. The molecule has 1 heterocycles. The minimum atomic E-state index is -0.352. The average molecular weight is 472 g/mol. The Morgan fingerprint density at radius 3 is 2.65 bits per heavy atom. The molecule has 0 radical (unpaired) electrons. The molecule has 0 N–H and O–H groups in total. The van der Waals surface area contributed by atoms with E-state index in [9.17, 15) is 10.1 Å². The van der Waals surface area contributed by atoms with Crippen molar-refractivity contribution in [3.8, 4) is 11.8 Å². The lowest BCUT2D eigenvalue weighted by atomic mass is 10.1. The van der Waals surface area contributed by atoms with Gasteiger partial charge in [0.15, 0.2) is 5.16 Å². The molecule has 172 valence electrons. The number of carbonyl (C=O) groups is 1. The lowest BCUT2D eigenvalue weighted by molar-refractivity contribution is 0.0526. The van der Waals surface area contributed by atoms with Crippen molar-refractivity contribution in [3.63, 3.8) is 0 Å². The molecule has 0 unspecified atom stereocenters. The number of benzene rings is 3. The van der Waals surface area contributed by atoms with Crippen LogP contribution in [0.4, 0.5) is 0 Å². The molecule has 0 aliphatic rings. The summed E-state index contributed by atoms with van der Waals surface area (Å²) in [5, 5.41) is 10.3. The molecule has 0 saturated carbocycles. The maximum atomic E-state index is 12.2. The second-order valence-electron chi connectivity index (χ2n) is 7.63. The van der Waals surface area contributed by atoms with Crippen LogP contribution >= 0.6 is 11.8 Å². The van der Waals surface area contributed by atoms with Gasteiger partial charge in [-0.05, 0) is 60.9 Å². The minimum Gasteiger partial charge on any atom is -0.497 e. The fourth-order valence-electron chi connectivity index (χ4n) is 3.71. The molecular formula is C27H25N3O3S. The van der Waals surface area contributed by atoms with Gasteiger partial charge in [0.25, 0.3) is 0 Å². The van der Waals surface area contributed by atoms with Gasteiger partial charge in [-0.1, -0.05) is 42.1 Å². The molecule has 34 heavy (non-hydrogen) atoms. The van der Waals surface area contributed by atoms with Crippen molar-refractivity contribution in [3.05, 3.63) is 89.0 Å². The Morgan fingerprint density at radius 2 is 1.91 bits per heavy atom. The average Bonchev–Trinajstić information content (AvgIpc) is 3.23. The van der Waals surface area contributed by atoms with E-state index in [2.05, 4.69) is 22.8 Å². The summed E-state index contributed by atoms with van der Waals surface area (Å²) in [4.78, 5) is 17.1. The van der Waals surface area contributed by atoms with E-state index in [0.717, 1.165) is 40.5 Å². The van der Waals surface area contributed by atoms with Crippen molar-refractivity contribution < 1.29 is 14.3 Å². The van der Waals surface area contributed by atoms with Crippen LogP contribution in [0.25, 0.3) is 11.0 Å². The zero-order valence-corrected chi connectivity index (χ0v) is 20.0. The fourth-order valence-corrected chi connectivity index (χ4v) is 4.75. The molecule has 3 aromatic carbocycles. The number of hydrogen-bond acceptors (Lipinski definition) is 6. The van der Waals surface area contributed by atoms with Crippen molar-refractivity contribution in [1.29, 1.82) is 5.26 Å². The molecule has 0 aliphatic carbocycles. The molecule has 0 amide bonds. The minimum absolute atomic E-state index is 0.326. The number of thioether (sulfide) groups is 1. The molecule has 4 aromatic rings. The van der Waals surface area contributed by atoms with Gasteiger partial charge < -0.3 is 14.0 Å². The smallest absolute Gasteiger partial charge is 0.338 e. The van der Waals surface area contributed by atoms with Gasteiger partial charge in [0.2, 0.25) is 0 Å². The third kappa shape index (κ3) is 5.24. The standard InChI is InChI=1S/C27H25N3O3S/c1-3-33-26(31)20-10-13-25-24(16-20)29-27(34-18-22-7-5-4-6-21(22)17-28)30(25)15-14-19-8-11-23(32-2)12-9-19/h4-13,16H,3,14-15,18H2,1-2H3. The number of nitrogens with zero attached hydrogens (tertiary/aromatic N) is 3. The van der Waals surface area contributed by atoms with Crippen LogP contribution in [0.5, 0.6) is 5.75 Å². The van der Waals surface area contributed by atoms with E-state index < -0.39 is 0 Å². The Kier molecular flexibility index (Phi) is 7.51.